The van der Waals surface area contributed by atoms with Gasteiger partial charge < -0.3 is 9.84 Å². The highest BCUT2D eigenvalue weighted by Gasteiger charge is 2.00. The van der Waals surface area contributed by atoms with Crippen LogP contribution in [0.1, 0.15) is 13.3 Å². The molecule has 0 saturated heterocycles. The molecule has 0 aromatic carbocycles. The number of aliphatic hydroxyl groups excluding tert-OH is 1. The third-order valence-electron chi connectivity index (χ3n) is 1.42. The molecule has 1 aliphatic rings. The molecular formula is C9H12O2. The van der Waals surface area contributed by atoms with Gasteiger partial charge in [0.15, 0.2) is 0 Å². The van der Waals surface area contributed by atoms with E-state index < -0.39 is 0 Å². The molecule has 2 heteroatoms. The summed E-state index contributed by atoms with van der Waals surface area (Å²) < 4.78 is 5.22. The standard InChI is InChI=1S/C9H12O2/c1-8-3-2-4-9(7-8)11-6-5-10/h2,4,10H,5-7H2,1H3. The van der Waals surface area contributed by atoms with Gasteiger partial charge in [0, 0.05) is 6.42 Å². The Labute approximate surface area is 66.5 Å². The summed E-state index contributed by atoms with van der Waals surface area (Å²) in [6.07, 6.45) is 4.53. The van der Waals surface area contributed by atoms with Crippen LogP contribution in [0.25, 0.3) is 0 Å². The highest BCUT2D eigenvalue weighted by Crippen LogP contribution is 2.14. The Hall–Kier alpha value is -0.980. The van der Waals surface area contributed by atoms with Crippen LogP contribution in [0.2, 0.25) is 0 Å². The van der Waals surface area contributed by atoms with Gasteiger partial charge in [0.2, 0.25) is 0 Å². The fourth-order valence-electron chi connectivity index (χ4n) is 0.924. The minimum Gasteiger partial charge on any atom is -0.495 e. The van der Waals surface area contributed by atoms with Gasteiger partial charge in [-0.25, -0.2) is 0 Å². The van der Waals surface area contributed by atoms with Crippen molar-refractivity contribution in [2.24, 2.45) is 0 Å². The maximum Gasteiger partial charge on any atom is 0.111 e. The number of hydrogen-bond donors (Lipinski definition) is 1. The molecule has 0 saturated carbocycles. The molecule has 0 amide bonds. The zero-order chi connectivity index (χ0) is 8.10. The van der Waals surface area contributed by atoms with Crippen molar-refractivity contribution >= 4 is 0 Å². The molecule has 2 nitrogen and oxygen atoms in total. The summed E-state index contributed by atoms with van der Waals surface area (Å²) in [5.74, 6) is 0.912. The third kappa shape index (κ3) is 2.62. The maximum atomic E-state index is 8.48. The van der Waals surface area contributed by atoms with Crippen molar-refractivity contribution in [3.05, 3.63) is 29.2 Å². The van der Waals surface area contributed by atoms with E-state index in [1.165, 1.54) is 5.57 Å². The summed E-state index contributed by atoms with van der Waals surface area (Å²) in [6.45, 7) is 2.46. The Kier molecular flexibility index (Phi) is 2.96. The van der Waals surface area contributed by atoms with Crippen LogP contribution >= 0.6 is 0 Å². The molecule has 11 heavy (non-hydrogen) atoms. The number of aliphatic hydroxyl groups is 1. The predicted octanol–water partition coefficient (Wildman–Crippen LogP) is 1.38. The summed E-state index contributed by atoms with van der Waals surface area (Å²) in [4.78, 5) is 0. The topological polar surface area (TPSA) is 29.5 Å². The van der Waals surface area contributed by atoms with Crippen LogP contribution in [0.3, 0.4) is 0 Å². The second kappa shape index (κ2) is 4.02. The van der Waals surface area contributed by atoms with Crippen LogP contribution in [-0.2, 0) is 4.74 Å². The molecule has 0 radical (unpaired) electrons. The van der Waals surface area contributed by atoms with E-state index in [0.717, 1.165) is 12.2 Å². The maximum absolute atomic E-state index is 8.48. The van der Waals surface area contributed by atoms with E-state index >= 15 is 0 Å². The first-order valence-corrected chi connectivity index (χ1v) is 3.68. The van der Waals surface area contributed by atoms with Crippen molar-refractivity contribution < 1.29 is 9.84 Å². The normalized spacial score (nSPS) is 15.8. The second-order valence-electron chi connectivity index (χ2n) is 2.47. The summed E-state index contributed by atoms with van der Waals surface area (Å²) in [6, 6.07) is 0. The Morgan fingerprint density at radius 1 is 1.73 bits per heavy atom. The molecule has 0 heterocycles. The number of allylic oxidation sites excluding steroid dienone is 2. The van der Waals surface area contributed by atoms with Gasteiger partial charge in [-0.3, -0.25) is 0 Å². The van der Waals surface area contributed by atoms with E-state index in [9.17, 15) is 0 Å². The van der Waals surface area contributed by atoms with Crippen molar-refractivity contribution in [1.29, 1.82) is 0 Å². The fraction of sp³-hybridized carbons (Fsp3) is 0.444. The van der Waals surface area contributed by atoms with Gasteiger partial charge in [0.1, 0.15) is 12.4 Å². The first-order valence-electron chi connectivity index (χ1n) is 3.68. The Balaban J connectivity index is 2.40. The van der Waals surface area contributed by atoms with Gasteiger partial charge in [-0.2, -0.15) is 0 Å². The summed E-state index contributed by atoms with van der Waals surface area (Å²) in [7, 11) is 0. The van der Waals surface area contributed by atoms with Crippen molar-refractivity contribution in [1.82, 2.24) is 0 Å². The lowest BCUT2D eigenvalue weighted by Gasteiger charge is -2.09. The zero-order valence-electron chi connectivity index (χ0n) is 6.63. The molecule has 0 aromatic rings. The van der Waals surface area contributed by atoms with Crippen LogP contribution in [0, 0.1) is 0 Å². The average molecular weight is 152 g/mol. The second-order valence-corrected chi connectivity index (χ2v) is 2.47. The van der Waals surface area contributed by atoms with Crippen molar-refractivity contribution in [3.63, 3.8) is 0 Å². The van der Waals surface area contributed by atoms with Gasteiger partial charge in [0.25, 0.3) is 0 Å². The minimum absolute atomic E-state index is 0.0732. The van der Waals surface area contributed by atoms with Crippen molar-refractivity contribution in [2.75, 3.05) is 13.2 Å². The number of rotatable bonds is 3. The molecular weight excluding hydrogens is 140 g/mol. The van der Waals surface area contributed by atoms with Crippen molar-refractivity contribution in [3.8, 4) is 0 Å². The van der Waals surface area contributed by atoms with Crippen LogP contribution < -0.4 is 0 Å². The number of ether oxygens (including phenoxy) is 1. The SMILES string of the molecule is CC1=C=CC=C(OCCO)C1. The molecule has 1 N–H and O–H groups in total. The molecule has 0 unspecified atom stereocenters. The zero-order valence-corrected chi connectivity index (χ0v) is 6.63. The summed E-state index contributed by atoms with van der Waals surface area (Å²) in [5.41, 5.74) is 4.23. The van der Waals surface area contributed by atoms with E-state index in [0.29, 0.717) is 6.61 Å². The fourth-order valence-corrected chi connectivity index (χ4v) is 0.924. The number of hydrogen-bond acceptors (Lipinski definition) is 2. The van der Waals surface area contributed by atoms with Crippen LogP contribution in [0.4, 0.5) is 0 Å². The first-order chi connectivity index (χ1) is 5.33. The Morgan fingerprint density at radius 2 is 2.55 bits per heavy atom. The first kappa shape index (κ1) is 8.12. The lowest BCUT2D eigenvalue weighted by molar-refractivity contribution is 0.141. The average Bonchev–Trinajstić information content (AvgIpc) is 2.01. The molecule has 1 rings (SSSR count). The smallest absolute Gasteiger partial charge is 0.111 e. The highest BCUT2D eigenvalue weighted by atomic mass is 16.5. The predicted molar refractivity (Wildman–Crippen MR) is 43.0 cm³/mol. The van der Waals surface area contributed by atoms with Gasteiger partial charge in [-0.05, 0) is 24.6 Å². The van der Waals surface area contributed by atoms with Gasteiger partial charge in [0.05, 0.1) is 6.61 Å². The molecule has 0 bridgehead atoms. The monoisotopic (exact) mass is 152 g/mol. The highest BCUT2D eigenvalue weighted by molar-refractivity contribution is 5.20. The van der Waals surface area contributed by atoms with E-state index in [4.69, 9.17) is 9.84 Å². The molecule has 0 fully saturated rings. The summed E-state index contributed by atoms with van der Waals surface area (Å²) >= 11 is 0. The minimum atomic E-state index is 0.0732. The molecule has 0 aromatic heterocycles. The molecule has 60 valence electrons. The lowest BCUT2D eigenvalue weighted by atomic mass is 10.1. The van der Waals surface area contributed by atoms with E-state index in [2.05, 4.69) is 5.73 Å². The lowest BCUT2D eigenvalue weighted by Crippen LogP contribution is -2.00. The Bertz CT molecular complexity index is 220. The van der Waals surface area contributed by atoms with Crippen LogP contribution in [0.5, 0.6) is 0 Å². The largest absolute Gasteiger partial charge is 0.495 e. The molecule has 1 aliphatic carbocycles. The van der Waals surface area contributed by atoms with Crippen LogP contribution in [-0.4, -0.2) is 18.3 Å². The van der Waals surface area contributed by atoms with Gasteiger partial charge >= 0.3 is 0 Å². The van der Waals surface area contributed by atoms with Gasteiger partial charge in [-0.15, -0.1) is 5.73 Å². The molecule has 0 spiro atoms. The quantitative estimate of drug-likeness (QED) is 0.619. The third-order valence-corrected chi connectivity index (χ3v) is 1.42. The van der Waals surface area contributed by atoms with Crippen molar-refractivity contribution in [2.45, 2.75) is 13.3 Å². The van der Waals surface area contributed by atoms with Gasteiger partial charge in [-0.1, -0.05) is 0 Å². The Morgan fingerprint density at radius 3 is 3.18 bits per heavy atom. The van der Waals surface area contributed by atoms with E-state index in [-0.39, 0.29) is 6.61 Å². The van der Waals surface area contributed by atoms with E-state index in [1.54, 1.807) is 0 Å². The van der Waals surface area contributed by atoms with E-state index in [1.807, 2.05) is 19.1 Å². The molecule has 0 aliphatic heterocycles. The molecule has 0 atom stereocenters. The summed E-state index contributed by atoms with van der Waals surface area (Å²) in [5, 5.41) is 8.48. The van der Waals surface area contributed by atoms with Crippen LogP contribution in [0.15, 0.2) is 29.2 Å².